The van der Waals surface area contributed by atoms with E-state index in [4.69, 9.17) is 16.1 Å². The molecule has 0 spiro atoms. The number of amides is 1. The first-order valence-electron chi connectivity index (χ1n) is 8.62. The van der Waals surface area contributed by atoms with Crippen LogP contribution in [0.25, 0.3) is 11.4 Å². The number of hydrogen-bond acceptors (Lipinski definition) is 4. The molecule has 3 rings (SSSR count). The first-order valence-corrected chi connectivity index (χ1v) is 9.00. The number of nitrogens with one attached hydrogen (secondary N) is 1. The number of aromatic nitrogens is 2. The van der Waals surface area contributed by atoms with Crippen molar-refractivity contribution < 1.29 is 9.32 Å². The molecule has 3 aromatic rings. The van der Waals surface area contributed by atoms with Crippen LogP contribution in [0.15, 0.2) is 53.1 Å². The molecule has 2 aromatic carbocycles. The van der Waals surface area contributed by atoms with Gasteiger partial charge in [0.05, 0.1) is 5.02 Å². The quantitative estimate of drug-likeness (QED) is 0.642. The summed E-state index contributed by atoms with van der Waals surface area (Å²) in [4.78, 5) is 16.4. The molecular formula is C20H20ClN3O2. The van der Waals surface area contributed by atoms with Gasteiger partial charge in [-0.2, -0.15) is 4.98 Å². The molecule has 0 saturated carbocycles. The maximum Gasteiger partial charge on any atom is 0.226 e. The number of carbonyl (C=O) groups excluding carboxylic acids is 1. The molecule has 0 unspecified atom stereocenters. The van der Waals surface area contributed by atoms with Crippen molar-refractivity contribution in [1.82, 2.24) is 10.1 Å². The van der Waals surface area contributed by atoms with Gasteiger partial charge in [-0.25, -0.2) is 0 Å². The Kier molecular flexibility index (Phi) is 6.02. The summed E-state index contributed by atoms with van der Waals surface area (Å²) in [5.41, 5.74) is 2.79. The first kappa shape index (κ1) is 18.1. The zero-order valence-corrected chi connectivity index (χ0v) is 15.3. The lowest BCUT2D eigenvalue weighted by Crippen LogP contribution is -2.11. The molecule has 1 aromatic heterocycles. The average molecular weight is 370 g/mol. The van der Waals surface area contributed by atoms with Crippen LogP contribution >= 0.6 is 11.6 Å². The Bertz CT molecular complexity index is 875. The van der Waals surface area contributed by atoms with Crippen molar-refractivity contribution in [2.75, 3.05) is 5.32 Å². The minimum atomic E-state index is -0.0277. The van der Waals surface area contributed by atoms with E-state index in [1.165, 1.54) is 5.56 Å². The fourth-order valence-electron chi connectivity index (χ4n) is 2.56. The topological polar surface area (TPSA) is 68.0 Å². The third-order valence-corrected chi connectivity index (χ3v) is 4.35. The maximum atomic E-state index is 12.0. The van der Waals surface area contributed by atoms with Crippen molar-refractivity contribution in [3.63, 3.8) is 0 Å². The number of aryl methyl sites for hydroxylation is 2. The predicted molar refractivity (Wildman–Crippen MR) is 102 cm³/mol. The number of hydrogen-bond donors (Lipinski definition) is 1. The Morgan fingerprint density at radius 2 is 1.92 bits per heavy atom. The van der Waals surface area contributed by atoms with E-state index in [0.717, 1.165) is 17.7 Å². The van der Waals surface area contributed by atoms with Gasteiger partial charge in [-0.15, -0.1) is 0 Å². The average Bonchev–Trinajstić information content (AvgIpc) is 3.11. The second-order valence-corrected chi connectivity index (χ2v) is 6.35. The fraction of sp³-hybridized carbons (Fsp3) is 0.250. The van der Waals surface area contributed by atoms with Gasteiger partial charge in [0.25, 0.3) is 0 Å². The van der Waals surface area contributed by atoms with E-state index in [1.807, 2.05) is 42.5 Å². The lowest BCUT2D eigenvalue weighted by Gasteiger charge is -2.05. The lowest BCUT2D eigenvalue weighted by molar-refractivity contribution is -0.116. The van der Waals surface area contributed by atoms with Crippen molar-refractivity contribution in [2.24, 2.45) is 0 Å². The number of nitrogens with zero attached hydrogens (tertiary/aromatic N) is 2. The molecule has 1 amide bonds. The van der Waals surface area contributed by atoms with Gasteiger partial charge in [0, 0.05) is 24.1 Å². The zero-order valence-electron chi connectivity index (χ0n) is 14.5. The highest BCUT2D eigenvalue weighted by Crippen LogP contribution is 2.25. The molecule has 0 bridgehead atoms. The lowest BCUT2D eigenvalue weighted by atomic mass is 10.1. The number of anilines is 1. The number of benzene rings is 2. The van der Waals surface area contributed by atoms with Gasteiger partial charge in [-0.3, -0.25) is 4.79 Å². The third-order valence-electron chi connectivity index (χ3n) is 4.02. The van der Waals surface area contributed by atoms with Gasteiger partial charge >= 0.3 is 0 Å². The van der Waals surface area contributed by atoms with Crippen molar-refractivity contribution >= 4 is 23.2 Å². The van der Waals surface area contributed by atoms with E-state index in [-0.39, 0.29) is 5.91 Å². The van der Waals surface area contributed by atoms with Crippen LogP contribution in [0, 0.1) is 0 Å². The molecule has 0 fully saturated rings. The van der Waals surface area contributed by atoms with Crippen LogP contribution in [0.5, 0.6) is 0 Å². The smallest absolute Gasteiger partial charge is 0.226 e. The van der Waals surface area contributed by atoms with Gasteiger partial charge in [0.15, 0.2) is 0 Å². The Hall–Kier alpha value is -2.66. The highest BCUT2D eigenvalue weighted by Gasteiger charge is 2.12. The Balaban J connectivity index is 1.49. The van der Waals surface area contributed by atoms with Crippen molar-refractivity contribution in [3.8, 4) is 11.4 Å². The molecule has 26 heavy (non-hydrogen) atoms. The summed E-state index contributed by atoms with van der Waals surface area (Å²) in [7, 11) is 0. The van der Waals surface area contributed by atoms with Crippen LogP contribution in [0.2, 0.25) is 5.02 Å². The molecular weight excluding hydrogens is 350 g/mol. The van der Waals surface area contributed by atoms with E-state index in [0.29, 0.717) is 36.0 Å². The van der Waals surface area contributed by atoms with Crippen molar-refractivity contribution in [1.29, 1.82) is 0 Å². The Morgan fingerprint density at radius 3 is 2.65 bits per heavy atom. The standard InChI is InChI=1S/C20H20ClN3O2/c1-2-14-10-12-15(13-11-14)22-18(25)8-5-9-19-23-20(24-26-19)16-6-3-4-7-17(16)21/h3-4,6-7,10-13H,2,5,8-9H2,1H3,(H,22,25). The normalized spacial score (nSPS) is 10.7. The van der Waals surface area contributed by atoms with Gasteiger partial charge in [-0.1, -0.05) is 47.9 Å². The molecule has 0 saturated heterocycles. The van der Waals surface area contributed by atoms with Crippen LogP contribution in [0.3, 0.4) is 0 Å². The molecule has 0 aliphatic heterocycles. The Labute approximate surface area is 157 Å². The van der Waals surface area contributed by atoms with Crippen molar-refractivity contribution in [3.05, 3.63) is 65.0 Å². The molecule has 5 nitrogen and oxygen atoms in total. The first-order chi connectivity index (χ1) is 12.7. The predicted octanol–water partition coefficient (Wildman–Crippen LogP) is 4.91. The van der Waals surface area contributed by atoms with Gasteiger partial charge in [-0.05, 0) is 42.7 Å². The second-order valence-electron chi connectivity index (χ2n) is 5.94. The van der Waals surface area contributed by atoms with Crippen LogP contribution in [-0.4, -0.2) is 16.0 Å². The van der Waals surface area contributed by atoms with Crippen molar-refractivity contribution in [2.45, 2.75) is 32.6 Å². The highest BCUT2D eigenvalue weighted by atomic mass is 35.5. The Morgan fingerprint density at radius 1 is 1.15 bits per heavy atom. The molecule has 0 atom stereocenters. The molecule has 1 heterocycles. The second kappa shape index (κ2) is 8.63. The number of carbonyl (C=O) groups is 1. The summed E-state index contributed by atoms with van der Waals surface area (Å²) in [5.74, 6) is 0.936. The summed E-state index contributed by atoms with van der Waals surface area (Å²) in [6.07, 6.45) is 2.54. The molecule has 6 heteroatoms. The number of halogens is 1. The van der Waals surface area contributed by atoms with E-state index >= 15 is 0 Å². The van der Waals surface area contributed by atoms with Crippen LogP contribution < -0.4 is 5.32 Å². The third kappa shape index (κ3) is 4.70. The maximum absolute atomic E-state index is 12.0. The summed E-state index contributed by atoms with van der Waals surface area (Å²) in [5, 5.41) is 7.43. The van der Waals surface area contributed by atoms with Crippen LogP contribution in [0.4, 0.5) is 5.69 Å². The van der Waals surface area contributed by atoms with Crippen LogP contribution in [0.1, 0.15) is 31.2 Å². The molecule has 0 aliphatic carbocycles. The van der Waals surface area contributed by atoms with Crippen LogP contribution in [-0.2, 0) is 17.6 Å². The van der Waals surface area contributed by atoms with E-state index in [2.05, 4.69) is 22.4 Å². The highest BCUT2D eigenvalue weighted by molar-refractivity contribution is 6.33. The minimum Gasteiger partial charge on any atom is -0.339 e. The van der Waals surface area contributed by atoms with E-state index in [9.17, 15) is 4.79 Å². The van der Waals surface area contributed by atoms with Gasteiger partial charge in [0.1, 0.15) is 0 Å². The molecule has 134 valence electrons. The molecule has 0 aliphatic rings. The summed E-state index contributed by atoms with van der Waals surface area (Å²) in [6, 6.07) is 15.2. The van der Waals surface area contributed by atoms with Gasteiger partial charge < -0.3 is 9.84 Å². The minimum absolute atomic E-state index is 0.0277. The summed E-state index contributed by atoms with van der Waals surface area (Å²) >= 11 is 6.14. The van der Waals surface area contributed by atoms with E-state index < -0.39 is 0 Å². The van der Waals surface area contributed by atoms with Gasteiger partial charge in [0.2, 0.25) is 17.6 Å². The summed E-state index contributed by atoms with van der Waals surface area (Å²) in [6.45, 7) is 2.10. The largest absolute Gasteiger partial charge is 0.339 e. The van der Waals surface area contributed by atoms with E-state index in [1.54, 1.807) is 6.07 Å². The molecule has 0 radical (unpaired) electrons. The monoisotopic (exact) mass is 369 g/mol. The molecule has 1 N–H and O–H groups in total. The SMILES string of the molecule is CCc1ccc(NC(=O)CCCc2nc(-c3ccccc3Cl)no2)cc1. The number of rotatable bonds is 7. The summed E-state index contributed by atoms with van der Waals surface area (Å²) < 4.78 is 5.25. The zero-order chi connectivity index (χ0) is 18.4. The fourth-order valence-corrected chi connectivity index (χ4v) is 2.78.